The maximum absolute atomic E-state index is 13.6. The van der Waals surface area contributed by atoms with Crippen molar-refractivity contribution in [1.29, 1.82) is 0 Å². The number of aromatic nitrogens is 2. The third-order valence-corrected chi connectivity index (χ3v) is 4.97. The standard InChI is InChI=1S/C24H27F3N4O/c1-5-16(4)32-21-9-7-6-8-20(21)30-22-19(24(25,26)27)14-28-23(31-22)29-18-12-10-17(11-13-18)15(2)3/h6-16H,5H2,1-4H3,(H2,28,29,30,31). The molecule has 170 valence electrons. The van der Waals surface area contributed by atoms with Crippen LogP contribution >= 0.6 is 0 Å². The van der Waals surface area contributed by atoms with E-state index in [0.29, 0.717) is 23.0 Å². The van der Waals surface area contributed by atoms with E-state index in [1.807, 2.05) is 38.1 Å². The predicted octanol–water partition coefficient (Wildman–Crippen LogP) is 7.28. The van der Waals surface area contributed by atoms with Gasteiger partial charge in [-0.05, 0) is 49.1 Å². The maximum Gasteiger partial charge on any atom is 0.421 e. The minimum Gasteiger partial charge on any atom is -0.489 e. The monoisotopic (exact) mass is 444 g/mol. The van der Waals surface area contributed by atoms with Crippen molar-refractivity contribution in [3.05, 3.63) is 65.9 Å². The number of ether oxygens (including phenoxy) is 1. The van der Waals surface area contributed by atoms with Gasteiger partial charge in [0.1, 0.15) is 17.1 Å². The fourth-order valence-corrected chi connectivity index (χ4v) is 2.93. The molecule has 0 amide bonds. The van der Waals surface area contributed by atoms with Crippen LogP contribution in [0.2, 0.25) is 0 Å². The van der Waals surface area contributed by atoms with E-state index in [-0.39, 0.29) is 17.9 Å². The van der Waals surface area contributed by atoms with Crippen LogP contribution in [0, 0.1) is 0 Å². The first kappa shape index (κ1) is 23.4. The lowest BCUT2D eigenvalue weighted by Crippen LogP contribution is -2.14. The number of hydrogen-bond donors (Lipinski definition) is 2. The number of benzene rings is 2. The minimum absolute atomic E-state index is 0.0538. The van der Waals surface area contributed by atoms with Crippen LogP contribution in [0.3, 0.4) is 0 Å². The van der Waals surface area contributed by atoms with Crippen molar-refractivity contribution in [2.24, 2.45) is 0 Å². The van der Waals surface area contributed by atoms with Gasteiger partial charge in [0.05, 0.1) is 11.8 Å². The molecule has 0 fully saturated rings. The molecule has 32 heavy (non-hydrogen) atoms. The van der Waals surface area contributed by atoms with Gasteiger partial charge < -0.3 is 15.4 Å². The van der Waals surface area contributed by atoms with Crippen LogP contribution in [0.1, 0.15) is 51.2 Å². The summed E-state index contributed by atoms with van der Waals surface area (Å²) in [7, 11) is 0. The number of para-hydroxylation sites is 2. The van der Waals surface area contributed by atoms with Crippen LogP contribution < -0.4 is 15.4 Å². The number of hydrogen-bond acceptors (Lipinski definition) is 5. The molecule has 1 heterocycles. The smallest absolute Gasteiger partial charge is 0.421 e. The van der Waals surface area contributed by atoms with E-state index in [1.54, 1.807) is 24.3 Å². The van der Waals surface area contributed by atoms with Crippen LogP contribution in [-0.2, 0) is 6.18 Å². The summed E-state index contributed by atoms with van der Waals surface area (Å²) in [5.74, 6) is 0.527. The lowest BCUT2D eigenvalue weighted by atomic mass is 10.0. The van der Waals surface area contributed by atoms with Gasteiger partial charge in [0.2, 0.25) is 5.95 Å². The Morgan fingerprint density at radius 1 is 0.969 bits per heavy atom. The Morgan fingerprint density at radius 2 is 1.66 bits per heavy atom. The lowest BCUT2D eigenvalue weighted by Gasteiger charge is -2.19. The van der Waals surface area contributed by atoms with Crippen molar-refractivity contribution < 1.29 is 17.9 Å². The molecule has 2 N–H and O–H groups in total. The molecule has 8 heteroatoms. The fraction of sp³-hybridized carbons (Fsp3) is 0.333. The van der Waals surface area contributed by atoms with E-state index in [1.165, 1.54) is 0 Å². The third-order valence-electron chi connectivity index (χ3n) is 4.97. The van der Waals surface area contributed by atoms with Gasteiger partial charge in [-0.2, -0.15) is 18.2 Å². The topological polar surface area (TPSA) is 59.1 Å². The Balaban J connectivity index is 1.92. The van der Waals surface area contributed by atoms with Gasteiger partial charge in [-0.15, -0.1) is 0 Å². The van der Waals surface area contributed by atoms with Crippen molar-refractivity contribution in [3.63, 3.8) is 0 Å². The highest BCUT2D eigenvalue weighted by Gasteiger charge is 2.35. The molecule has 0 bridgehead atoms. The Morgan fingerprint density at radius 3 is 2.28 bits per heavy atom. The number of alkyl halides is 3. The highest BCUT2D eigenvalue weighted by atomic mass is 19.4. The number of halogens is 3. The molecule has 0 aliphatic heterocycles. The Hall–Kier alpha value is -3.29. The molecule has 0 spiro atoms. The zero-order chi connectivity index (χ0) is 23.3. The second-order valence-electron chi connectivity index (χ2n) is 7.81. The molecule has 0 aliphatic rings. The summed E-state index contributed by atoms with van der Waals surface area (Å²) >= 11 is 0. The average Bonchev–Trinajstić information content (AvgIpc) is 2.74. The van der Waals surface area contributed by atoms with Crippen molar-refractivity contribution in [2.75, 3.05) is 10.6 Å². The van der Waals surface area contributed by atoms with E-state index in [9.17, 15) is 13.2 Å². The van der Waals surface area contributed by atoms with E-state index < -0.39 is 11.7 Å². The Kier molecular flexibility index (Phi) is 7.22. The van der Waals surface area contributed by atoms with Crippen LogP contribution in [-0.4, -0.2) is 16.1 Å². The molecule has 1 unspecified atom stereocenters. The van der Waals surface area contributed by atoms with Gasteiger partial charge in [0.15, 0.2) is 0 Å². The summed E-state index contributed by atoms with van der Waals surface area (Å²) in [6, 6.07) is 14.4. The molecule has 0 saturated heterocycles. The van der Waals surface area contributed by atoms with Crippen LogP contribution in [0.15, 0.2) is 54.7 Å². The van der Waals surface area contributed by atoms with Crippen molar-refractivity contribution in [2.45, 2.75) is 52.3 Å². The summed E-state index contributed by atoms with van der Waals surface area (Å²) < 4.78 is 46.7. The molecule has 0 saturated carbocycles. The molecule has 2 aromatic carbocycles. The number of nitrogens with zero attached hydrogens (tertiary/aromatic N) is 2. The first-order valence-corrected chi connectivity index (χ1v) is 10.5. The molecular formula is C24H27F3N4O. The first-order chi connectivity index (χ1) is 15.2. The Labute approximate surface area is 186 Å². The fourth-order valence-electron chi connectivity index (χ4n) is 2.93. The number of rotatable bonds is 8. The Bertz CT molecular complexity index is 1040. The zero-order valence-corrected chi connectivity index (χ0v) is 18.5. The number of anilines is 4. The summed E-state index contributed by atoms with van der Waals surface area (Å²) in [4.78, 5) is 7.99. The largest absolute Gasteiger partial charge is 0.489 e. The second-order valence-corrected chi connectivity index (χ2v) is 7.81. The third kappa shape index (κ3) is 5.90. The molecule has 1 atom stereocenters. The van der Waals surface area contributed by atoms with E-state index in [2.05, 4.69) is 34.4 Å². The van der Waals surface area contributed by atoms with Crippen LogP contribution in [0.4, 0.5) is 36.3 Å². The minimum atomic E-state index is -4.62. The van der Waals surface area contributed by atoms with Gasteiger partial charge in [-0.3, -0.25) is 0 Å². The normalized spacial score (nSPS) is 12.5. The molecule has 0 radical (unpaired) electrons. The highest BCUT2D eigenvalue weighted by Crippen LogP contribution is 2.37. The van der Waals surface area contributed by atoms with Crippen molar-refractivity contribution >= 4 is 23.1 Å². The summed E-state index contributed by atoms with van der Waals surface area (Å²) in [6.07, 6.45) is -3.17. The van der Waals surface area contributed by atoms with Crippen LogP contribution in [0.5, 0.6) is 5.75 Å². The molecule has 1 aromatic heterocycles. The maximum atomic E-state index is 13.6. The van der Waals surface area contributed by atoms with Gasteiger partial charge in [-0.25, -0.2) is 4.98 Å². The van der Waals surface area contributed by atoms with Crippen molar-refractivity contribution in [3.8, 4) is 5.75 Å². The molecule has 3 rings (SSSR count). The SMILES string of the molecule is CCC(C)Oc1ccccc1Nc1nc(Nc2ccc(C(C)C)cc2)ncc1C(F)(F)F. The van der Waals surface area contributed by atoms with Gasteiger partial charge in [0.25, 0.3) is 0 Å². The molecule has 5 nitrogen and oxygen atoms in total. The lowest BCUT2D eigenvalue weighted by molar-refractivity contribution is -0.137. The van der Waals surface area contributed by atoms with Crippen LogP contribution in [0.25, 0.3) is 0 Å². The zero-order valence-electron chi connectivity index (χ0n) is 18.5. The van der Waals surface area contributed by atoms with E-state index in [0.717, 1.165) is 18.2 Å². The second kappa shape index (κ2) is 9.89. The molecule has 0 aliphatic carbocycles. The highest BCUT2D eigenvalue weighted by molar-refractivity contribution is 5.67. The number of nitrogens with one attached hydrogen (secondary N) is 2. The van der Waals surface area contributed by atoms with E-state index in [4.69, 9.17) is 4.74 Å². The van der Waals surface area contributed by atoms with Gasteiger partial charge in [0, 0.05) is 11.9 Å². The van der Waals surface area contributed by atoms with Gasteiger partial charge >= 0.3 is 6.18 Å². The molecule has 3 aromatic rings. The van der Waals surface area contributed by atoms with Crippen molar-refractivity contribution in [1.82, 2.24) is 9.97 Å². The summed E-state index contributed by atoms with van der Waals surface area (Å²) in [5.41, 5.74) is 1.27. The quantitative estimate of drug-likeness (QED) is 0.382. The summed E-state index contributed by atoms with van der Waals surface area (Å²) in [6.45, 7) is 8.04. The van der Waals surface area contributed by atoms with E-state index >= 15 is 0 Å². The summed E-state index contributed by atoms with van der Waals surface area (Å²) in [5, 5.41) is 5.76. The predicted molar refractivity (Wildman–Crippen MR) is 121 cm³/mol. The average molecular weight is 445 g/mol. The molecular weight excluding hydrogens is 417 g/mol. The van der Waals surface area contributed by atoms with Gasteiger partial charge in [-0.1, -0.05) is 45.0 Å². The first-order valence-electron chi connectivity index (χ1n) is 10.5.